The van der Waals surface area contributed by atoms with Gasteiger partial charge in [-0.2, -0.15) is 0 Å². The van der Waals surface area contributed by atoms with E-state index in [-0.39, 0.29) is 5.91 Å². The van der Waals surface area contributed by atoms with Crippen molar-refractivity contribution in [3.8, 4) is 5.75 Å². The minimum Gasteiger partial charge on any atom is -0.488 e. The molecule has 166 valence electrons. The van der Waals surface area contributed by atoms with Crippen molar-refractivity contribution >= 4 is 21.8 Å². The third-order valence-corrected chi connectivity index (χ3v) is 6.15. The highest BCUT2D eigenvalue weighted by atomic mass is 79.9. The monoisotopic (exact) mass is 500 g/mol. The van der Waals surface area contributed by atoms with Crippen molar-refractivity contribution in [2.24, 2.45) is 0 Å². The van der Waals surface area contributed by atoms with Crippen LogP contribution in [0.4, 0.5) is 8.78 Å². The molecule has 0 spiro atoms. The number of benzene rings is 3. The average molecular weight is 501 g/mol. The summed E-state index contributed by atoms with van der Waals surface area (Å²) in [4.78, 5) is 16.8. The molecule has 0 unspecified atom stereocenters. The topological polar surface area (TPSA) is 32.8 Å². The summed E-state index contributed by atoms with van der Waals surface area (Å²) in [6, 6.07) is 19.3. The Balaban J connectivity index is 1.33. The molecule has 0 radical (unpaired) electrons. The summed E-state index contributed by atoms with van der Waals surface area (Å²) in [5.41, 5.74) is 1.86. The maximum Gasteiger partial charge on any atom is 0.253 e. The Bertz CT molecular complexity index is 1100. The van der Waals surface area contributed by atoms with E-state index >= 15 is 0 Å². The van der Waals surface area contributed by atoms with Crippen LogP contribution in [0.25, 0.3) is 0 Å². The minimum atomic E-state index is -0.834. The van der Waals surface area contributed by atoms with Crippen LogP contribution >= 0.6 is 15.9 Å². The number of carbonyl (C=O) groups excluding carboxylic acids is 1. The number of amides is 1. The summed E-state index contributed by atoms with van der Waals surface area (Å²) in [5, 5.41) is 0. The van der Waals surface area contributed by atoms with E-state index in [1.165, 1.54) is 6.07 Å². The maximum absolute atomic E-state index is 13.9. The van der Waals surface area contributed by atoms with Gasteiger partial charge in [-0.3, -0.25) is 9.69 Å². The smallest absolute Gasteiger partial charge is 0.253 e. The van der Waals surface area contributed by atoms with E-state index in [1.54, 1.807) is 17.0 Å². The van der Waals surface area contributed by atoms with E-state index in [2.05, 4.69) is 15.9 Å². The third kappa shape index (κ3) is 5.34. The van der Waals surface area contributed by atoms with Crippen molar-refractivity contribution < 1.29 is 18.3 Å². The van der Waals surface area contributed by atoms with E-state index in [0.717, 1.165) is 21.9 Å². The summed E-state index contributed by atoms with van der Waals surface area (Å²) in [6.07, 6.45) is 0. The summed E-state index contributed by atoms with van der Waals surface area (Å²) in [6.45, 7) is 2.96. The highest BCUT2D eigenvalue weighted by molar-refractivity contribution is 9.10. The van der Waals surface area contributed by atoms with Crippen LogP contribution in [-0.4, -0.2) is 41.9 Å². The van der Waals surface area contributed by atoms with Crippen molar-refractivity contribution in [3.63, 3.8) is 0 Å². The standard InChI is InChI=1S/C25H23BrF2N2O2/c26-21-8-1-2-10-23(21)32-17-18-5-3-6-19(15-18)25(31)30-13-11-29(12-14-30)16-20-7-4-9-22(27)24(20)28/h1-10,15H,11-14,16-17H2. The SMILES string of the molecule is O=C(c1cccc(COc2ccccc2Br)c1)N1CCN(Cc2cccc(F)c2F)CC1. The molecule has 7 heteroatoms. The Morgan fingerprint density at radius 1 is 0.938 bits per heavy atom. The lowest BCUT2D eigenvalue weighted by Crippen LogP contribution is -2.48. The number of piperazine rings is 1. The van der Waals surface area contributed by atoms with Crippen molar-refractivity contribution in [1.29, 1.82) is 0 Å². The van der Waals surface area contributed by atoms with Crippen molar-refractivity contribution in [1.82, 2.24) is 9.80 Å². The van der Waals surface area contributed by atoms with Crippen LogP contribution in [0.2, 0.25) is 0 Å². The molecule has 4 rings (SSSR count). The van der Waals surface area contributed by atoms with Gasteiger partial charge in [0.25, 0.3) is 5.91 Å². The number of rotatable bonds is 6. The van der Waals surface area contributed by atoms with Gasteiger partial charge in [0.1, 0.15) is 12.4 Å². The number of hydrogen-bond acceptors (Lipinski definition) is 3. The molecule has 1 fully saturated rings. The van der Waals surface area contributed by atoms with Crippen molar-refractivity contribution in [2.75, 3.05) is 26.2 Å². The number of nitrogens with zero attached hydrogens (tertiary/aromatic N) is 2. The molecule has 1 saturated heterocycles. The number of para-hydroxylation sites is 1. The van der Waals surface area contributed by atoms with Crippen molar-refractivity contribution in [3.05, 3.63) is 99.5 Å². The van der Waals surface area contributed by atoms with Gasteiger partial charge in [0.05, 0.1) is 4.47 Å². The zero-order valence-corrected chi connectivity index (χ0v) is 19.0. The molecule has 0 N–H and O–H groups in total. The molecule has 0 aliphatic carbocycles. The van der Waals surface area contributed by atoms with Gasteiger partial charge >= 0.3 is 0 Å². The molecular weight excluding hydrogens is 478 g/mol. The summed E-state index contributed by atoms with van der Waals surface area (Å²) < 4.78 is 34.1. The molecule has 4 nitrogen and oxygen atoms in total. The molecule has 1 aliphatic rings. The van der Waals surface area contributed by atoms with E-state index in [1.807, 2.05) is 47.4 Å². The fourth-order valence-corrected chi connectivity index (χ4v) is 4.12. The summed E-state index contributed by atoms with van der Waals surface area (Å²) in [7, 11) is 0. The van der Waals surface area contributed by atoms with Gasteiger partial charge in [-0.25, -0.2) is 8.78 Å². The lowest BCUT2D eigenvalue weighted by molar-refractivity contribution is 0.0626. The lowest BCUT2D eigenvalue weighted by Gasteiger charge is -2.35. The molecule has 0 saturated carbocycles. The first kappa shape index (κ1) is 22.4. The summed E-state index contributed by atoms with van der Waals surface area (Å²) >= 11 is 3.46. The Morgan fingerprint density at radius 3 is 2.47 bits per heavy atom. The molecule has 32 heavy (non-hydrogen) atoms. The van der Waals surface area contributed by atoms with Crippen LogP contribution in [0, 0.1) is 11.6 Å². The number of carbonyl (C=O) groups is 1. The van der Waals surface area contributed by atoms with Gasteiger partial charge in [-0.05, 0) is 51.8 Å². The molecular formula is C25H23BrF2N2O2. The molecule has 3 aromatic rings. The summed E-state index contributed by atoms with van der Waals surface area (Å²) in [5.74, 6) is -0.924. The Hall–Kier alpha value is -2.77. The van der Waals surface area contributed by atoms with E-state index in [0.29, 0.717) is 50.5 Å². The number of halogens is 3. The van der Waals surface area contributed by atoms with Gasteiger partial charge in [-0.15, -0.1) is 0 Å². The first-order valence-corrected chi connectivity index (χ1v) is 11.2. The lowest BCUT2D eigenvalue weighted by atomic mass is 10.1. The molecule has 1 heterocycles. The second kappa shape index (κ2) is 10.2. The molecule has 0 atom stereocenters. The molecule has 1 aliphatic heterocycles. The molecule has 1 amide bonds. The quantitative estimate of drug-likeness (QED) is 0.462. The normalized spacial score (nSPS) is 14.4. The van der Waals surface area contributed by atoms with Crippen LogP contribution in [-0.2, 0) is 13.2 Å². The Labute approximate surface area is 194 Å². The second-order valence-corrected chi connectivity index (χ2v) is 8.56. The van der Waals surface area contributed by atoms with E-state index in [9.17, 15) is 13.6 Å². The fraction of sp³-hybridized carbons (Fsp3) is 0.240. The highest BCUT2D eigenvalue weighted by Gasteiger charge is 2.23. The zero-order chi connectivity index (χ0) is 22.5. The molecule has 0 bridgehead atoms. The number of ether oxygens (including phenoxy) is 1. The highest BCUT2D eigenvalue weighted by Crippen LogP contribution is 2.25. The Kier molecular flexibility index (Phi) is 7.17. The Morgan fingerprint density at radius 2 is 1.69 bits per heavy atom. The largest absolute Gasteiger partial charge is 0.488 e. The minimum absolute atomic E-state index is 0.0377. The van der Waals surface area contributed by atoms with Crippen LogP contribution in [0.3, 0.4) is 0 Å². The van der Waals surface area contributed by atoms with E-state index in [4.69, 9.17) is 4.74 Å². The predicted octanol–water partition coefficient (Wildman–Crippen LogP) is 5.26. The van der Waals surface area contributed by atoms with Gasteiger partial charge in [-0.1, -0.05) is 36.4 Å². The van der Waals surface area contributed by atoms with E-state index < -0.39 is 11.6 Å². The fourth-order valence-electron chi connectivity index (χ4n) is 3.72. The van der Waals surface area contributed by atoms with Gasteiger partial charge in [0, 0.05) is 43.9 Å². The van der Waals surface area contributed by atoms with Crippen LogP contribution in [0.1, 0.15) is 21.5 Å². The third-order valence-electron chi connectivity index (χ3n) is 5.49. The predicted molar refractivity (Wildman–Crippen MR) is 122 cm³/mol. The van der Waals surface area contributed by atoms with Crippen LogP contribution in [0.5, 0.6) is 5.75 Å². The van der Waals surface area contributed by atoms with Gasteiger partial charge < -0.3 is 9.64 Å². The van der Waals surface area contributed by atoms with Gasteiger partial charge in [0.15, 0.2) is 11.6 Å². The van der Waals surface area contributed by atoms with Crippen LogP contribution < -0.4 is 4.74 Å². The van der Waals surface area contributed by atoms with Gasteiger partial charge in [0.2, 0.25) is 0 Å². The van der Waals surface area contributed by atoms with Crippen LogP contribution in [0.15, 0.2) is 71.2 Å². The average Bonchev–Trinajstić information content (AvgIpc) is 2.82. The molecule has 3 aromatic carbocycles. The first-order valence-electron chi connectivity index (χ1n) is 10.4. The molecule has 0 aromatic heterocycles. The van der Waals surface area contributed by atoms with Crippen molar-refractivity contribution in [2.45, 2.75) is 13.2 Å². The first-order chi connectivity index (χ1) is 15.5. The zero-order valence-electron chi connectivity index (χ0n) is 17.4. The number of hydrogen-bond donors (Lipinski definition) is 0. The maximum atomic E-state index is 13.9. The second-order valence-electron chi connectivity index (χ2n) is 7.70.